The lowest BCUT2D eigenvalue weighted by molar-refractivity contribution is -0.113. The number of hydrogen-bond acceptors (Lipinski definition) is 7. The highest BCUT2D eigenvalue weighted by Crippen LogP contribution is 2.39. The van der Waals surface area contributed by atoms with Crippen LogP contribution in [0.5, 0.6) is 0 Å². The molecule has 0 bridgehead atoms. The number of nitrogens with one attached hydrogen (secondary N) is 2. The molecule has 2 fully saturated rings. The Kier molecular flexibility index (Phi) is 5.59. The van der Waals surface area contributed by atoms with Crippen LogP contribution < -0.4 is 5.32 Å². The van der Waals surface area contributed by atoms with Gasteiger partial charge in [0, 0.05) is 18.4 Å². The number of benzene rings is 1. The SMILES string of the molecule is O=C(c1[nH]nc2ncnc(N[C@@H]3CC(F)(F)[C@@H](O)[C@H]3O)c12)N1C[C@@H](F)C[C@@H]1c1cc(F)ccc1F. The Morgan fingerprint density at radius 1 is 1.23 bits per heavy atom. The maximum absolute atomic E-state index is 14.4. The van der Waals surface area contributed by atoms with Crippen molar-refractivity contribution in [2.45, 2.75) is 49.2 Å². The van der Waals surface area contributed by atoms with Gasteiger partial charge in [-0.3, -0.25) is 9.89 Å². The van der Waals surface area contributed by atoms with Gasteiger partial charge in [-0.15, -0.1) is 0 Å². The normalized spacial score (nSPS) is 28.1. The predicted molar refractivity (Wildman–Crippen MR) is 110 cm³/mol. The summed E-state index contributed by atoms with van der Waals surface area (Å²) in [4.78, 5) is 22.3. The molecule has 9 nitrogen and oxygen atoms in total. The number of aliphatic hydroxyl groups excluding tert-OH is 2. The number of halogens is 5. The van der Waals surface area contributed by atoms with Crippen molar-refractivity contribution in [2.24, 2.45) is 0 Å². The number of hydrogen-bond donors (Lipinski definition) is 4. The number of aliphatic hydroxyl groups is 2. The van der Waals surface area contributed by atoms with E-state index >= 15 is 0 Å². The van der Waals surface area contributed by atoms with Crippen LogP contribution in [0.4, 0.5) is 27.8 Å². The third kappa shape index (κ3) is 3.95. The number of carbonyl (C=O) groups excluding carboxylic acids is 1. The summed E-state index contributed by atoms with van der Waals surface area (Å²) in [6, 6.07) is 0.261. The Balaban J connectivity index is 1.50. The number of alkyl halides is 3. The van der Waals surface area contributed by atoms with Gasteiger partial charge in [0.2, 0.25) is 0 Å². The molecular weight excluding hydrogens is 479 g/mol. The Morgan fingerprint density at radius 2 is 2.00 bits per heavy atom. The van der Waals surface area contributed by atoms with Crippen molar-refractivity contribution in [3.8, 4) is 0 Å². The van der Waals surface area contributed by atoms with E-state index in [0.29, 0.717) is 0 Å². The zero-order chi connectivity index (χ0) is 25.1. The summed E-state index contributed by atoms with van der Waals surface area (Å²) in [5.74, 6) is -6.07. The second kappa shape index (κ2) is 8.37. The van der Waals surface area contributed by atoms with Crippen molar-refractivity contribution in [3.63, 3.8) is 0 Å². The summed E-state index contributed by atoms with van der Waals surface area (Å²) in [6.45, 7) is -0.407. The fraction of sp³-hybridized carbons (Fsp3) is 0.429. The van der Waals surface area contributed by atoms with Gasteiger partial charge >= 0.3 is 0 Å². The maximum Gasteiger partial charge on any atom is 0.278 e. The standard InChI is InChI=1S/C21H19F5N6O3/c22-8-1-2-11(24)10(3-8)13-4-9(23)6-32(13)20(35)15-14-18(27-7-28-19(14)31-30-15)29-12-5-21(25,26)17(34)16(12)33/h1-3,7,9,12-13,16-17,33-34H,4-6H2,(H2,27,28,29,30,31)/t9-,12+,13+,16-,17-/m0/s1. The average molecular weight is 498 g/mol. The molecule has 3 heterocycles. The highest BCUT2D eigenvalue weighted by Gasteiger charge is 2.54. The second-order valence-electron chi connectivity index (χ2n) is 8.64. The predicted octanol–water partition coefficient (Wildman–Crippen LogP) is 2.10. The van der Waals surface area contributed by atoms with Crippen LogP contribution in [0.2, 0.25) is 0 Å². The second-order valence-corrected chi connectivity index (χ2v) is 8.64. The van der Waals surface area contributed by atoms with Crippen molar-refractivity contribution in [3.05, 3.63) is 47.4 Å². The third-order valence-electron chi connectivity index (χ3n) is 6.38. The summed E-state index contributed by atoms with van der Waals surface area (Å²) >= 11 is 0. The Labute approximate surface area is 194 Å². The summed E-state index contributed by atoms with van der Waals surface area (Å²) in [6.07, 6.45) is -5.75. The number of rotatable bonds is 4. The molecule has 2 aromatic heterocycles. The van der Waals surface area contributed by atoms with Gasteiger partial charge in [0.1, 0.15) is 47.9 Å². The number of amides is 1. The van der Waals surface area contributed by atoms with Crippen LogP contribution in [0.15, 0.2) is 24.5 Å². The van der Waals surface area contributed by atoms with E-state index in [1.165, 1.54) is 0 Å². The molecule has 5 atom stereocenters. The van der Waals surface area contributed by atoms with E-state index in [0.717, 1.165) is 29.4 Å². The molecule has 1 aliphatic carbocycles. The highest BCUT2D eigenvalue weighted by molar-refractivity contribution is 6.07. The van der Waals surface area contributed by atoms with E-state index in [-0.39, 0.29) is 34.5 Å². The molecule has 2 aliphatic rings. The first-order valence-electron chi connectivity index (χ1n) is 10.7. The monoisotopic (exact) mass is 498 g/mol. The van der Waals surface area contributed by atoms with Crippen molar-refractivity contribution in [1.82, 2.24) is 25.1 Å². The first kappa shape index (κ1) is 23.4. The van der Waals surface area contributed by atoms with E-state index in [1.807, 2.05) is 0 Å². The molecule has 4 N–H and O–H groups in total. The first-order chi connectivity index (χ1) is 16.6. The number of nitrogens with zero attached hydrogens (tertiary/aromatic N) is 4. The molecule has 186 valence electrons. The largest absolute Gasteiger partial charge is 0.388 e. The molecule has 0 unspecified atom stereocenters. The van der Waals surface area contributed by atoms with Gasteiger partial charge in [0.05, 0.1) is 24.0 Å². The van der Waals surface area contributed by atoms with Crippen molar-refractivity contribution >= 4 is 22.8 Å². The van der Waals surface area contributed by atoms with Gasteiger partial charge < -0.3 is 20.4 Å². The lowest BCUT2D eigenvalue weighted by Gasteiger charge is -2.25. The molecule has 35 heavy (non-hydrogen) atoms. The van der Waals surface area contributed by atoms with Crippen molar-refractivity contribution in [2.75, 3.05) is 11.9 Å². The smallest absolute Gasteiger partial charge is 0.278 e. The molecule has 14 heteroatoms. The quantitative estimate of drug-likeness (QED) is 0.406. The van der Waals surface area contributed by atoms with E-state index in [1.54, 1.807) is 0 Å². The van der Waals surface area contributed by atoms with Crippen LogP contribution in [-0.2, 0) is 0 Å². The number of likely N-dealkylation sites (tertiary alicyclic amines) is 1. The number of anilines is 1. The molecule has 0 radical (unpaired) electrons. The number of aromatic nitrogens is 4. The zero-order valence-electron chi connectivity index (χ0n) is 17.8. The van der Waals surface area contributed by atoms with Gasteiger partial charge in [-0.1, -0.05) is 0 Å². The van der Waals surface area contributed by atoms with Crippen LogP contribution in [0.25, 0.3) is 11.0 Å². The van der Waals surface area contributed by atoms with Crippen LogP contribution >= 0.6 is 0 Å². The molecule has 1 saturated carbocycles. The summed E-state index contributed by atoms with van der Waals surface area (Å²) < 4.78 is 70.3. The molecule has 1 aliphatic heterocycles. The van der Waals surface area contributed by atoms with E-state index in [9.17, 15) is 37.0 Å². The van der Waals surface area contributed by atoms with Crippen LogP contribution in [0.3, 0.4) is 0 Å². The molecule has 5 rings (SSSR count). The van der Waals surface area contributed by atoms with Gasteiger partial charge in [-0.05, 0) is 18.2 Å². The Bertz CT molecular complexity index is 1290. The third-order valence-corrected chi connectivity index (χ3v) is 6.38. The van der Waals surface area contributed by atoms with Gasteiger partial charge in [0.25, 0.3) is 11.8 Å². The summed E-state index contributed by atoms with van der Waals surface area (Å²) in [5.41, 5.74) is -0.462. The highest BCUT2D eigenvalue weighted by atomic mass is 19.3. The van der Waals surface area contributed by atoms with Crippen LogP contribution in [0, 0.1) is 11.6 Å². The number of H-pyrrole nitrogens is 1. The Hall–Kier alpha value is -3.39. The fourth-order valence-electron chi connectivity index (χ4n) is 4.65. The van der Waals surface area contributed by atoms with Gasteiger partial charge in [-0.25, -0.2) is 31.9 Å². The first-order valence-corrected chi connectivity index (χ1v) is 10.7. The summed E-state index contributed by atoms with van der Waals surface area (Å²) in [5, 5.41) is 28.6. The van der Waals surface area contributed by atoms with E-state index in [2.05, 4.69) is 25.5 Å². The van der Waals surface area contributed by atoms with Gasteiger partial charge in [-0.2, -0.15) is 5.10 Å². The molecule has 0 spiro atoms. The summed E-state index contributed by atoms with van der Waals surface area (Å²) in [7, 11) is 0. The lowest BCUT2D eigenvalue weighted by Crippen LogP contribution is -2.37. The van der Waals surface area contributed by atoms with E-state index < -0.39 is 66.9 Å². The average Bonchev–Trinajstić information content (AvgIpc) is 3.47. The number of aromatic amines is 1. The molecule has 1 saturated heterocycles. The number of fused-ring (bicyclic) bond motifs is 1. The molecule has 3 aromatic rings. The van der Waals surface area contributed by atoms with Crippen molar-refractivity contribution in [1.29, 1.82) is 0 Å². The maximum atomic E-state index is 14.4. The zero-order valence-corrected chi connectivity index (χ0v) is 17.8. The molecular formula is C21H19F5N6O3. The topological polar surface area (TPSA) is 127 Å². The minimum absolute atomic E-state index is 0.0322. The van der Waals surface area contributed by atoms with E-state index in [4.69, 9.17) is 0 Å². The van der Waals surface area contributed by atoms with Gasteiger partial charge in [0.15, 0.2) is 5.65 Å². The Morgan fingerprint density at radius 3 is 2.71 bits per heavy atom. The number of carbonyl (C=O) groups is 1. The molecule has 1 aromatic carbocycles. The minimum atomic E-state index is -3.55. The van der Waals surface area contributed by atoms with Crippen LogP contribution in [0.1, 0.15) is 34.9 Å². The molecule has 1 amide bonds. The fourth-order valence-corrected chi connectivity index (χ4v) is 4.65. The van der Waals surface area contributed by atoms with Crippen molar-refractivity contribution < 1.29 is 37.0 Å². The van der Waals surface area contributed by atoms with Crippen LogP contribution in [-0.4, -0.2) is 78.1 Å². The minimum Gasteiger partial charge on any atom is -0.388 e. The lowest BCUT2D eigenvalue weighted by atomic mass is 10.0.